The molecule has 4 nitrogen and oxygen atoms in total. The SMILES string of the molecule is NNc1cccn2c(=O)cccc12. The molecule has 0 fully saturated rings. The van der Waals surface area contributed by atoms with Crippen molar-refractivity contribution in [2.24, 2.45) is 5.84 Å². The minimum absolute atomic E-state index is 0.0606. The Hall–Kier alpha value is -1.81. The average Bonchev–Trinajstić information content (AvgIpc) is 2.18. The fourth-order valence-corrected chi connectivity index (χ4v) is 1.31. The van der Waals surface area contributed by atoms with Crippen LogP contribution in [0.2, 0.25) is 0 Å². The van der Waals surface area contributed by atoms with Crippen LogP contribution < -0.4 is 16.8 Å². The van der Waals surface area contributed by atoms with Gasteiger partial charge in [-0.25, -0.2) is 0 Å². The number of nitrogen functional groups attached to an aromatic ring is 1. The van der Waals surface area contributed by atoms with Gasteiger partial charge in [-0.05, 0) is 18.2 Å². The molecular formula is C9H9N3O. The third kappa shape index (κ3) is 1.17. The van der Waals surface area contributed by atoms with Crippen LogP contribution in [0.5, 0.6) is 0 Å². The molecule has 0 spiro atoms. The highest BCUT2D eigenvalue weighted by Crippen LogP contribution is 2.12. The summed E-state index contributed by atoms with van der Waals surface area (Å²) in [6, 6.07) is 8.63. The summed E-state index contributed by atoms with van der Waals surface area (Å²) in [6.07, 6.45) is 1.71. The van der Waals surface area contributed by atoms with Gasteiger partial charge in [-0.15, -0.1) is 0 Å². The molecule has 3 N–H and O–H groups in total. The van der Waals surface area contributed by atoms with Crippen LogP contribution in [0.15, 0.2) is 41.3 Å². The molecule has 4 heteroatoms. The number of nitrogens with two attached hydrogens (primary N) is 1. The standard InChI is InChI=1S/C9H9N3O/c10-11-7-3-2-6-12-8(7)4-1-5-9(12)13/h1-6,11H,10H2. The fraction of sp³-hybridized carbons (Fsp3) is 0. The number of pyridine rings is 2. The van der Waals surface area contributed by atoms with E-state index in [1.165, 1.54) is 10.5 Å². The summed E-state index contributed by atoms with van der Waals surface area (Å²) in [5, 5.41) is 0. The molecular weight excluding hydrogens is 166 g/mol. The third-order valence-electron chi connectivity index (χ3n) is 1.92. The first-order chi connectivity index (χ1) is 6.33. The maximum Gasteiger partial charge on any atom is 0.255 e. The second kappa shape index (κ2) is 2.91. The average molecular weight is 175 g/mol. The Morgan fingerprint density at radius 2 is 2.08 bits per heavy atom. The van der Waals surface area contributed by atoms with E-state index in [0.717, 1.165) is 11.2 Å². The first kappa shape index (κ1) is 7.82. The number of rotatable bonds is 1. The Kier molecular flexibility index (Phi) is 1.75. The Bertz CT molecular complexity index is 489. The topological polar surface area (TPSA) is 59.5 Å². The van der Waals surface area contributed by atoms with Gasteiger partial charge in [0.15, 0.2) is 0 Å². The Balaban J connectivity index is 2.92. The normalized spacial score (nSPS) is 10.2. The Morgan fingerprint density at radius 1 is 1.23 bits per heavy atom. The van der Waals surface area contributed by atoms with E-state index in [0.29, 0.717) is 0 Å². The lowest BCUT2D eigenvalue weighted by atomic mass is 10.3. The molecule has 0 aliphatic carbocycles. The molecule has 2 aromatic rings. The van der Waals surface area contributed by atoms with Crippen LogP contribution in [0.25, 0.3) is 5.52 Å². The molecule has 13 heavy (non-hydrogen) atoms. The number of aromatic nitrogens is 1. The summed E-state index contributed by atoms with van der Waals surface area (Å²) in [5.74, 6) is 5.30. The van der Waals surface area contributed by atoms with Crippen molar-refractivity contribution >= 4 is 11.2 Å². The highest BCUT2D eigenvalue weighted by molar-refractivity contribution is 5.70. The number of hydrogen-bond donors (Lipinski definition) is 2. The molecule has 0 amide bonds. The fourth-order valence-electron chi connectivity index (χ4n) is 1.31. The smallest absolute Gasteiger partial charge is 0.255 e. The van der Waals surface area contributed by atoms with Gasteiger partial charge in [0.25, 0.3) is 5.56 Å². The lowest BCUT2D eigenvalue weighted by Crippen LogP contribution is -2.14. The lowest BCUT2D eigenvalue weighted by Gasteiger charge is -2.05. The van der Waals surface area contributed by atoms with Crippen molar-refractivity contribution in [3.8, 4) is 0 Å². The van der Waals surface area contributed by atoms with Crippen LogP contribution in [0.4, 0.5) is 5.69 Å². The summed E-state index contributed by atoms with van der Waals surface area (Å²) in [6.45, 7) is 0. The first-order valence-corrected chi connectivity index (χ1v) is 3.90. The van der Waals surface area contributed by atoms with Crippen molar-refractivity contribution in [1.82, 2.24) is 4.40 Å². The quantitative estimate of drug-likeness (QED) is 0.492. The number of hydrogen-bond acceptors (Lipinski definition) is 3. The third-order valence-corrected chi connectivity index (χ3v) is 1.92. The number of fused-ring (bicyclic) bond motifs is 1. The summed E-state index contributed by atoms with van der Waals surface area (Å²) in [4.78, 5) is 11.3. The predicted molar refractivity (Wildman–Crippen MR) is 51.5 cm³/mol. The highest BCUT2D eigenvalue weighted by atomic mass is 16.1. The zero-order chi connectivity index (χ0) is 9.26. The van der Waals surface area contributed by atoms with Crippen LogP contribution in [0, 0.1) is 0 Å². The van der Waals surface area contributed by atoms with Crippen molar-refractivity contribution in [3.05, 3.63) is 46.9 Å². The van der Waals surface area contributed by atoms with E-state index < -0.39 is 0 Å². The van der Waals surface area contributed by atoms with E-state index in [2.05, 4.69) is 5.43 Å². The van der Waals surface area contributed by atoms with E-state index in [-0.39, 0.29) is 5.56 Å². The first-order valence-electron chi connectivity index (χ1n) is 3.90. The molecule has 0 aliphatic rings. The molecule has 0 aromatic carbocycles. The maximum atomic E-state index is 11.3. The van der Waals surface area contributed by atoms with Crippen LogP contribution in [-0.4, -0.2) is 4.40 Å². The number of nitrogens with one attached hydrogen (secondary N) is 1. The van der Waals surface area contributed by atoms with Gasteiger partial charge in [0.05, 0.1) is 11.2 Å². The zero-order valence-electron chi connectivity index (χ0n) is 6.90. The minimum Gasteiger partial charge on any atom is -0.322 e. The van der Waals surface area contributed by atoms with Crippen LogP contribution >= 0.6 is 0 Å². The Morgan fingerprint density at radius 3 is 2.85 bits per heavy atom. The largest absolute Gasteiger partial charge is 0.322 e. The van der Waals surface area contributed by atoms with Gasteiger partial charge in [0, 0.05) is 12.3 Å². The van der Waals surface area contributed by atoms with Crippen LogP contribution in [-0.2, 0) is 0 Å². The zero-order valence-corrected chi connectivity index (χ0v) is 6.90. The van der Waals surface area contributed by atoms with Crippen molar-refractivity contribution < 1.29 is 0 Å². The predicted octanol–water partition coefficient (Wildman–Crippen LogP) is 0.585. The van der Waals surface area contributed by atoms with Crippen LogP contribution in [0.3, 0.4) is 0 Å². The van der Waals surface area contributed by atoms with E-state index in [1.807, 2.05) is 12.1 Å². The van der Waals surface area contributed by atoms with Crippen molar-refractivity contribution in [3.63, 3.8) is 0 Å². The number of nitrogens with zero attached hydrogens (tertiary/aromatic N) is 1. The van der Waals surface area contributed by atoms with Gasteiger partial charge < -0.3 is 5.43 Å². The summed E-state index contributed by atoms with van der Waals surface area (Å²) < 4.78 is 1.54. The molecule has 0 bridgehead atoms. The monoisotopic (exact) mass is 175 g/mol. The van der Waals surface area contributed by atoms with Gasteiger partial charge in [0.2, 0.25) is 0 Å². The molecule has 0 radical (unpaired) electrons. The Labute approximate surface area is 74.6 Å². The van der Waals surface area contributed by atoms with E-state index in [4.69, 9.17) is 5.84 Å². The van der Waals surface area contributed by atoms with E-state index in [1.54, 1.807) is 18.3 Å². The molecule has 66 valence electrons. The lowest BCUT2D eigenvalue weighted by molar-refractivity contribution is 1.09. The van der Waals surface area contributed by atoms with Crippen molar-refractivity contribution in [2.75, 3.05) is 5.43 Å². The summed E-state index contributed by atoms with van der Waals surface area (Å²) in [5.41, 5.74) is 3.99. The minimum atomic E-state index is -0.0606. The molecule has 0 unspecified atom stereocenters. The second-order valence-corrected chi connectivity index (χ2v) is 2.69. The van der Waals surface area contributed by atoms with Gasteiger partial charge >= 0.3 is 0 Å². The van der Waals surface area contributed by atoms with E-state index >= 15 is 0 Å². The molecule has 0 atom stereocenters. The second-order valence-electron chi connectivity index (χ2n) is 2.69. The molecule has 2 rings (SSSR count). The van der Waals surface area contributed by atoms with Gasteiger partial charge in [-0.3, -0.25) is 15.0 Å². The van der Waals surface area contributed by atoms with E-state index in [9.17, 15) is 4.79 Å². The number of hydrazine groups is 1. The molecule has 2 aromatic heterocycles. The van der Waals surface area contributed by atoms with Crippen molar-refractivity contribution in [2.45, 2.75) is 0 Å². The maximum absolute atomic E-state index is 11.3. The van der Waals surface area contributed by atoms with Crippen LogP contribution in [0.1, 0.15) is 0 Å². The molecule has 2 heterocycles. The molecule has 0 aliphatic heterocycles. The summed E-state index contributed by atoms with van der Waals surface area (Å²) >= 11 is 0. The van der Waals surface area contributed by atoms with Gasteiger partial charge in [0.1, 0.15) is 0 Å². The van der Waals surface area contributed by atoms with Crippen molar-refractivity contribution in [1.29, 1.82) is 0 Å². The highest BCUT2D eigenvalue weighted by Gasteiger charge is 1.98. The summed E-state index contributed by atoms with van der Waals surface area (Å²) in [7, 11) is 0. The number of anilines is 1. The van der Waals surface area contributed by atoms with Gasteiger partial charge in [-0.1, -0.05) is 6.07 Å². The molecule has 0 saturated heterocycles. The van der Waals surface area contributed by atoms with Gasteiger partial charge in [-0.2, -0.15) is 0 Å². The molecule has 0 saturated carbocycles.